The van der Waals surface area contributed by atoms with Gasteiger partial charge in [0.15, 0.2) is 0 Å². The van der Waals surface area contributed by atoms with Gasteiger partial charge in [-0.25, -0.2) is 0 Å². The lowest BCUT2D eigenvalue weighted by Gasteiger charge is -2.36. The molecule has 26 heavy (non-hydrogen) atoms. The van der Waals surface area contributed by atoms with E-state index < -0.39 is 5.41 Å². The van der Waals surface area contributed by atoms with Gasteiger partial charge < -0.3 is 19.5 Å². The van der Waals surface area contributed by atoms with Gasteiger partial charge >= 0.3 is 0 Å². The molecule has 1 saturated heterocycles. The number of carbonyl (C=O) groups excluding carboxylic acids is 1. The summed E-state index contributed by atoms with van der Waals surface area (Å²) in [7, 11) is 3.24. The summed E-state index contributed by atoms with van der Waals surface area (Å²) in [5, 5.41) is 3.09. The van der Waals surface area contributed by atoms with Gasteiger partial charge in [-0.05, 0) is 55.2 Å². The van der Waals surface area contributed by atoms with E-state index in [0.717, 1.165) is 16.9 Å². The highest BCUT2D eigenvalue weighted by Gasteiger charge is 2.42. The Morgan fingerprint density at radius 1 is 1.04 bits per heavy atom. The molecule has 1 heterocycles. The average molecular weight is 355 g/mol. The van der Waals surface area contributed by atoms with E-state index in [9.17, 15) is 4.79 Å². The second-order valence-corrected chi connectivity index (χ2v) is 6.58. The molecule has 0 unspecified atom stereocenters. The first-order valence-corrected chi connectivity index (χ1v) is 8.77. The quantitative estimate of drug-likeness (QED) is 0.888. The summed E-state index contributed by atoms with van der Waals surface area (Å²) in [5.74, 6) is 1.40. The maximum atomic E-state index is 13.4. The molecule has 2 aromatic carbocycles. The van der Waals surface area contributed by atoms with Gasteiger partial charge in [0.1, 0.15) is 11.5 Å². The Morgan fingerprint density at radius 2 is 1.73 bits per heavy atom. The van der Waals surface area contributed by atoms with Crippen molar-refractivity contribution >= 4 is 11.6 Å². The molecule has 1 amide bonds. The minimum Gasteiger partial charge on any atom is -0.497 e. The van der Waals surface area contributed by atoms with Crippen LogP contribution in [0.15, 0.2) is 42.5 Å². The van der Waals surface area contributed by atoms with E-state index in [0.29, 0.717) is 37.5 Å². The fraction of sp³-hybridized carbons (Fsp3) is 0.381. The fourth-order valence-corrected chi connectivity index (χ4v) is 3.44. The Balaban J connectivity index is 1.94. The summed E-state index contributed by atoms with van der Waals surface area (Å²) in [5.41, 5.74) is 2.11. The van der Waals surface area contributed by atoms with Crippen molar-refractivity contribution in [2.75, 3.05) is 32.8 Å². The molecule has 5 nitrogen and oxygen atoms in total. The summed E-state index contributed by atoms with van der Waals surface area (Å²) in [6, 6.07) is 13.5. The van der Waals surface area contributed by atoms with E-state index in [-0.39, 0.29) is 5.91 Å². The largest absolute Gasteiger partial charge is 0.497 e. The number of aryl methyl sites for hydroxylation is 1. The number of anilines is 1. The molecule has 0 saturated carbocycles. The number of ether oxygens (including phenoxy) is 3. The first-order valence-electron chi connectivity index (χ1n) is 8.77. The standard InChI is InChI=1S/C21H25NO4/c1-15-4-9-19(25-3)18(14-15)22-20(23)21(10-12-26-13-11-21)16-5-7-17(24-2)8-6-16/h4-9,14H,10-13H2,1-3H3,(H,22,23). The third kappa shape index (κ3) is 3.53. The number of amides is 1. The zero-order valence-electron chi connectivity index (χ0n) is 15.5. The normalized spacial score (nSPS) is 16.0. The molecule has 0 atom stereocenters. The molecule has 5 heteroatoms. The van der Waals surface area contributed by atoms with Gasteiger partial charge in [0, 0.05) is 13.2 Å². The van der Waals surface area contributed by atoms with Crippen molar-refractivity contribution in [2.24, 2.45) is 0 Å². The highest BCUT2D eigenvalue weighted by molar-refractivity contribution is 6.00. The van der Waals surface area contributed by atoms with Crippen LogP contribution >= 0.6 is 0 Å². The van der Waals surface area contributed by atoms with E-state index in [2.05, 4.69) is 5.32 Å². The second-order valence-electron chi connectivity index (χ2n) is 6.58. The van der Waals surface area contributed by atoms with Crippen LogP contribution in [0.4, 0.5) is 5.69 Å². The number of methoxy groups -OCH3 is 2. The Bertz CT molecular complexity index is 764. The van der Waals surface area contributed by atoms with Gasteiger partial charge in [-0.3, -0.25) is 4.79 Å². The highest BCUT2D eigenvalue weighted by atomic mass is 16.5. The van der Waals surface area contributed by atoms with Crippen molar-refractivity contribution in [3.05, 3.63) is 53.6 Å². The van der Waals surface area contributed by atoms with Crippen molar-refractivity contribution in [2.45, 2.75) is 25.2 Å². The van der Waals surface area contributed by atoms with Crippen LogP contribution in [0.5, 0.6) is 11.5 Å². The Morgan fingerprint density at radius 3 is 2.35 bits per heavy atom. The fourth-order valence-electron chi connectivity index (χ4n) is 3.44. The Labute approximate surface area is 154 Å². The van der Waals surface area contributed by atoms with Crippen LogP contribution in [-0.2, 0) is 14.9 Å². The molecule has 0 aliphatic carbocycles. The molecule has 3 rings (SSSR count). The van der Waals surface area contributed by atoms with Crippen LogP contribution in [0.2, 0.25) is 0 Å². The van der Waals surface area contributed by atoms with Gasteiger partial charge in [0.25, 0.3) is 0 Å². The summed E-state index contributed by atoms with van der Waals surface area (Å²) in [4.78, 5) is 13.4. The first-order chi connectivity index (χ1) is 12.6. The van der Waals surface area contributed by atoms with Crippen LogP contribution in [0.25, 0.3) is 0 Å². The lowest BCUT2D eigenvalue weighted by Crippen LogP contribution is -2.44. The summed E-state index contributed by atoms with van der Waals surface area (Å²) in [6.45, 7) is 3.11. The van der Waals surface area contributed by atoms with Gasteiger partial charge in [-0.2, -0.15) is 0 Å². The summed E-state index contributed by atoms with van der Waals surface area (Å²) < 4.78 is 16.2. The lowest BCUT2D eigenvalue weighted by atomic mass is 9.73. The molecule has 1 fully saturated rings. The number of hydrogen-bond donors (Lipinski definition) is 1. The first kappa shape index (κ1) is 18.3. The number of rotatable bonds is 5. The van der Waals surface area contributed by atoms with Gasteiger partial charge in [-0.15, -0.1) is 0 Å². The van der Waals surface area contributed by atoms with E-state index >= 15 is 0 Å². The van der Waals surface area contributed by atoms with Gasteiger partial charge in [-0.1, -0.05) is 18.2 Å². The van der Waals surface area contributed by atoms with E-state index in [1.165, 1.54) is 0 Å². The van der Waals surface area contributed by atoms with Gasteiger partial charge in [0.2, 0.25) is 5.91 Å². The molecule has 2 aromatic rings. The molecule has 0 radical (unpaired) electrons. The molecule has 1 aliphatic rings. The number of carbonyl (C=O) groups is 1. The van der Waals surface area contributed by atoms with Crippen molar-refractivity contribution < 1.29 is 19.0 Å². The lowest BCUT2D eigenvalue weighted by molar-refractivity contribution is -0.125. The Hall–Kier alpha value is -2.53. The third-order valence-electron chi connectivity index (χ3n) is 5.03. The van der Waals surface area contributed by atoms with E-state index in [4.69, 9.17) is 14.2 Å². The van der Waals surface area contributed by atoms with Crippen molar-refractivity contribution in [1.29, 1.82) is 0 Å². The maximum absolute atomic E-state index is 13.4. The predicted octanol–water partition coefficient (Wildman–Crippen LogP) is 3.70. The van der Waals surface area contributed by atoms with Crippen LogP contribution in [0.1, 0.15) is 24.0 Å². The van der Waals surface area contributed by atoms with Crippen LogP contribution in [-0.4, -0.2) is 33.3 Å². The van der Waals surface area contributed by atoms with Crippen molar-refractivity contribution in [1.82, 2.24) is 0 Å². The average Bonchev–Trinajstić information content (AvgIpc) is 2.68. The monoisotopic (exact) mass is 355 g/mol. The number of benzene rings is 2. The van der Waals surface area contributed by atoms with Gasteiger partial charge in [0.05, 0.1) is 25.3 Å². The molecular weight excluding hydrogens is 330 g/mol. The zero-order chi connectivity index (χ0) is 18.6. The molecule has 1 N–H and O–H groups in total. The number of hydrogen-bond acceptors (Lipinski definition) is 4. The van der Waals surface area contributed by atoms with E-state index in [1.54, 1.807) is 14.2 Å². The predicted molar refractivity (Wildman–Crippen MR) is 101 cm³/mol. The zero-order valence-corrected chi connectivity index (χ0v) is 15.5. The molecule has 138 valence electrons. The van der Waals surface area contributed by atoms with Crippen LogP contribution in [0.3, 0.4) is 0 Å². The van der Waals surface area contributed by atoms with Crippen molar-refractivity contribution in [3.63, 3.8) is 0 Å². The second kappa shape index (κ2) is 7.79. The molecule has 0 spiro atoms. The SMILES string of the molecule is COc1ccc(C2(C(=O)Nc3cc(C)ccc3OC)CCOCC2)cc1. The highest BCUT2D eigenvalue weighted by Crippen LogP contribution is 2.38. The number of nitrogens with one attached hydrogen (secondary N) is 1. The minimum absolute atomic E-state index is 0.0325. The summed E-state index contributed by atoms with van der Waals surface area (Å²) in [6.07, 6.45) is 1.28. The molecule has 0 bridgehead atoms. The summed E-state index contributed by atoms with van der Waals surface area (Å²) >= 11 is 0. The molecule has 1 aliphatic heterocycles. The van der Waals surface area contributed by atoms with Crippen LogP contribution in [0, 0.1) is 6.92 Å². The smallest absolute Gasteiger partial charge is 0.235 e. The Kier molecular flexibility index (Phi) is 5.47. The van der Waals surface area contributed by atoms with Crippen molar-refractivity contribution in [3.8, 4) is 11.5 Å². The minimum atomic E-state index is -0.626. The van der Waals surface area contributed by atoms with Crippen LogP contribution < -0.4 is 14.8 Å². The third-order valence-corrected chi connectivity index (χ3v) is 5.03. The maximum Gasteiger partial charge on any atom is 0.235 e. The molecule has 0 aromatic heterocycles. The topological polar surface area (TPSA) is 56.8 Å². The molecular formula is C21H25NO4. The van der Waals surface area contributed by atoms with E-state index in [1.807, 2.05) is 49.4 Å².